The number of ether oxygens (including phenoxy) is 4. The molecule has 4 aromatic rings. The molecular formula is C41H57ClN2O9S2Si. The number of carbonyl (C=O) groups excluding carboxylic acids is 4. The van der Waals surface area contributed by atoms with Crippen LogP contribution in [0.25, 0.3) is 20.4 Å². The summed E-state index contributed by atoms with van der Waals surface area (Å²) in [5.41, 5.74) is 1.19. The fourth-order valence-corrected chi connectivity index (χ4v) is 8.24. The summed E-state index contributed by atoms with van der Waals surface area (Å²) in [4.78, 5) is 58.6. The van der Waals surface area contributed by atoms with Crippen LogP contribution in [0.3, 0.4) is 0 Å². The number of fused-ring (bicyclic) bond motifs is 2. The first-order valence-electron chi connectivity index (χ1n) is 18.6. The number of hydrogen-bond acceptors (Lipinski definition) is 13. The number of ketones is 2. The standard InChI is InChI=1S/C25H39NO5SSi.C16H18ClNO4S/c1-24(2,3)31-23(28)13-12-19(27)22-15-18-21(32-22)16-20(29-7)17(26-18)11-10-14-30-33(8,9)25(4,5)6;1-16(2,3)22-14(20)6-5-10(19)13-7-9-12(23-13)8-11(21-4)15(17)18-9/h15-16H,10-14H2,1-9H3;7-8H,5-6H2,1-4H3. The lowest BCUT2D eigenvalue weighted by Gasteiger charge is -2.36. The lowest BCUT2D eigenvalue weighted by Crippen LogP contribution is -2.41. The smallest absolute Gasteiger partial charge is 0.306 e. The van der Waals surface area contributed by atoms with Gasteiger partial charge >= 0.3 is 11.9 Å². The van der Waals surface area contributed by atoms with E-state index in [1.165, 1.54) is 29.8 Å². The van der Waals surface area contributed by atoms with Crippen LogP contribution in [-0.4, -0.2) is 73.8 Å². The van der Waals surface area contributed by atoms with Crippen LogP contribution in [0.5, 0.6) is 11.5 Å². The SMILES string of the molecule is COc1cc2sc(C(=O)CCC(=O)OC(C)(C)C)cc2nc1CCCO[Si](C)(C)C(C)(C)C.COc1cc2sc(C(=O)CCC(=O)OC(C)(C)C)cc2nc1Cl. The molecule has 11 nitrogen and oxygen atoms in total. The second kappa shape index (κ2) is 19.3. The average molecular weight is 850 g/mol. The van der Waals surface area contributed by atoms with E-state index in [0.717, 1.165) is 39.2 Å². The van der Waals surface area contributed by atoms with E-state index in [-0.39, 0.29) is 59.4 Å². The summed E-state index contributed by atoms with van der Waals surface area (Å²) < 4.78 is 29.2. The minimum atomic E-state index is -1.77. The van der Waals surface area contributed by atoms with Gasteiger partial charge in [-0.1, -0.05) is 32.4 Å². The van der Waals surface area contributed by atoms with Crippen molar-refractivity contribution in [2.24, 2.45) is 0 Å². The summed E-state index contributed by atoms with van der Waals surface area (Å²) in [5.74, 6) is 0.257. The monoisotopic (exact) mass is 848 g/mol. The maximum absolute atomic E-state index is 12.6. The molecule has 0 aliphatic rings. The van der Waals surface area contributed by atoms with Crippen molar-refractivity contribution < 1.29 is 42.6 Å². The molecule has 4 rings (SSSR count). The highest BCUT2D eigenvalue weighted by molar-refractivity contribution is 7.21. The van der Waals surface area contributed by atoms with Crippen LogP contribution in [0.4, 0.5) is 0 Å². The summed E-state index contributed by atoms with van der Waals surface area (Å²) in [6.45, 7) is 22.7. The van der Waals surface area contributed by atoms with Gasteiger partial charge in [0.1, 0.15) is 17.0 Å². The molecule has 0 aromatic carbocycles. The van der Waals surface area contributed by atoms with E-state index < -0.39 is 19.5 Å². The second-order valence-electron chi connectivity index (χ2n) is 16.8. The van der Waals surface area contributed by atoms with Gasteiger partial charge in [-0.2, -0.15) is 0 Å². The number of Topliss-reactive ketones (excluding diaryl/α,β-unsaturated/α-hetero) is 2. The van der Waals surface area contributed by atoms with Crippen LogP contribution in [0, 0.1) is 0 Å². The van der Waals surface area contributed by atoms with Gasteiger partial charge in [0.15, 0.2) is 30.8 Å². The summed E-state index contributed by atoms with van der Waals surface area (Å²) in [5, 5.41) is 0.441. The normalized spacial score (nSPS) is 12.2. The van der Waals surface area contributed by atoms with Gasteiger partial charge in [-0.05, 0) is 84.6 Å². The lowest BCUT2D eigenvalue weighted by molar-refractivity contribution is -0.155. The van der Waals surface area contributed by atoms with Crippen LogP contribution in [-0.2, 0) is 29.9 Å². The van der Waals surface area contributed by atoms with E-state index in [0.29, 0.717) is 27.6 Å². The van der Waals surface area contributed by atoms with Crippen molar-refractivity contribution in [3.8, 4) is 11.5 Å². The van der Waals surface area contributed by atoms with Crippen molar-refractivity contribution in [3.05, 3.63) is 44.9 Å². The zero-order valence-electron chi connectivity index (χ0n) is 35.0. The highest BCUT2D eigenvalue weighted by Crippen LogP contribution is 2.37. The van der Waals surface area contributed by atoms with Gasteiger partial charge in [0.2, 0.25) is 0 Å². The zero-order valence-corrected chi connectivity index (χ0v) is 38.4. The molecule has 0 fully saturated rings. The highest BCUT2D eigenvalue weighted by atomic mass is 35.5. The Balaban J connectivity index is 0.000000320. The van der Waals surface area contributed by atoms with Crippen LogP contribution in [0.2, 0.25) is 23.3 Å². The van der Waals surface area contributed by atoms with E-state index in [4.69, 9.17) is 40.0 Å². The molecule has 0 saturated heterocycles. The van der Waals surface area contributed by atoms with Gasteiger partial charge in [0.25, 0.3) is 0 Å². The van der Waals surface area contributed by atoms with E-state index >= 15 is 0 Å². The van der Waals surface area contributed by atoms with Crippen molar-refractivity contribution in [2.75, 3.05) is 20.8 Å². The fourth-order valence-electron chi connectivity index (χ4n) is 4.93. The first-order chi connectivity index (χ1) is 25.8. The van der Waals surface area contributed by atoms with E-state index in [2.05, 4.69) is 38.8 Å². The molecule has 0 unspecified atom stereocenters. The molecule has 0 aliphatic heterocycles. The van der Waals surface area contributed by atoms with E-state index in [9.17, 15) is 19.2 Å². The van der Waals surface area contributed by atoms with Gasteiger partial charge in [-0.3, -0.25) is 19.2 Å². The minimum Gasteiger partial charge on any atom is -0.495 e. The molecule has 0 atom stereocenters. The number of rotatable bonds is 15. The number of pyridine rings is 2. The van der Waals surface area contributed by atoms with Crippen molar-refractivity contribution in [2.45, 2.75) is 130 Å². The number of methoxy groups -OCH3 is 2. The minimum absolute atomic E-state index is 0.0574. The predicted octanol–water partition coefficient (Wildman–Crippen LogP) is 10.8. The quantitative estimate of drug-likeness (QED) is 0.0371. The van der Waals surface area contributed by atoms with Crippen LogP contribution < -0.4 is 9.47 Å². The van der Waals surface area contributed by atoms with Crippen molar-refractivity contribution in [1.29, 1.82) is 0 Å². The van der Waals surface area contributed by atoms with Crippen LogP contribution >= 0.6 is 34.3 Å². The number of esters is 2. The Hall–Kier alpha value is -3.43. The van der Waals surface area contributed by atoms with Gasteiger partial charge in [-0.25, -0.2) is 9.97 Å². The molecule has 0 amide bonds. The van der Waals surface area contributed by atoms with Crippen LogP contribution in [0.1, 0.15) is 119 Å². The summed E-state index contributed by atoms with van der Waals surface area (Å²) >= 11 is 8.66. The van der Waals surface area contributed by atoms with Gasteiger partial charge in [0, 0.05) is 31.6 Å². The maximum atomic E-state index is 12.6. The Labute approximate surface area is 344 Å². The molecule has 4 heterocycles. The molecular weight excluding hydrogens is 792 g/mol. The second-order valence-corrected chi connectivity index (χ2v) is 24.2. The Morgan fingerprint density at radius 1 is 0.679 bits per heavy atom. The van der Waals surface area contributed by atoms with Crippen molar-refractivity contribution in [1.82, 2.24) is 9.97 Å². The molecule has 0 spiro atoms. The first-order valence-corrected chi connectivity index (χ1v) is 23.5. The summed E-state index contributed by atoms with van der Waals surface area (Å²) in [6.07, 6.45) is 1.95. The molecule has 15 heteroatoms. The average Bonchev–Trinajstić information content (AvgIpc) is 3.69. The molecule has 4 aromatic heterocycles. The number of carbonyl (C=O) groups is 4. The third-order valence-corrected chi connectivity index (χ3v) is 15.8. The number of aryl methyl sites for hydroxylation is 1. The molecule has 0 saturated carbocycles. The Bertz CT molecular complexity index is 2020. The predicted molar refractivity (Wildman–Crippen MR) is 228 cm³/mol. The summed E-state index contributed by atoms with van der Waals surface area (Å²) in [6, 6.07) is 7.19. The topological polar surface area (TPSA) is 140 Å². The Morgan fingerprint density at radius 3 is 1.55 bits per heavy atom. The number of hydrogen-bond donors (Lipinski definition) is 0. The Kier molecular flexibility index (Phi) is 16.2. The molecule has 56 heavy (non-hydrogen) atoms. The number of halogens is 1. The van der Waals surface area contributed by atoms with Crippen molar-refractivity contribution >= 4 is 86.5 Å². The van der Waals surface area contributed by atoms with Gasteiger partial charge < -0.3 is 23.4 Å². The number of thiophene rings is 2. The molecule has 0 radical (unpaired) electrons. The largest absolute Gasteiger partial charge is 0.495 e. The zero-order chi connectivity index (χ0) is 42.2. The van der Waals surface area contributed by atoms with Gasteiger partial charge in [0.05, 0.1) is 62.9 Å². The molecule has 0 aliphatic carbocycles. The number of aromatic nitrogens is 2. The molecule has 0 bridgehead atoms. The third-order valence-electron chi connectivity index (χ3n) is 8.74. The molecule has 0 N–H and O–H groups in total. The van der Waals surface area contributed by atoms with E-state index in [1.807, 2.05) is 32.9 Å². The highest BCUT2D eigenvalue weighted by Gasteiger charge is 2.36. The maximum Gasteiger partial charge on any atom is 0.306 e. The van der Waals surface area contributed by atoms with Crippen molar-refractivity contribution in [3.63, 3.8) is 0 Å². The Morgan fingerprint density at radius 2 is 1.12 bits per heavy atom. The fraction of sp³-hybridized carbons (Fsp3) is 0.561. The first kappa shape index (κ1) is 46.9. The number of nitrogens with zero attached hydrogens (tertiary/aromatic N) is 2. The molecule has 308 valence electrons. The van der Waals surface area contributed by atoms with E-state index in [1.54, 1.807) is 40.0 Å². The van der Waals surface area contributed by atoms with Crippen LogP contribution in [0.15, 0.2) is 24.3 Å². The third kappa shape index (κ3) is 14.2. The summed E-state index contributed by atoms with van der Waals surface area (Å²) in [7, 11) is 1.38. The van der Waals surface area contributed by atoms with Gasteiger partial charge in [-0.15, -0.1) is 22.7 Å². The lowest BCUT2D eigenvalue weighted by atomic mass is 10.1.